The van der Waals surface area contributed by atoms with Crippen LogP contribution < -0.4 is 4.74 Å². The number of ether oxygens (including phenoxy) is 1. The van der Waals surface area contributed by atoms with Crippen LogP contribution in [0.15, 0.2) is 90.3 Å². The second-order valence-corrected chi connectivity index (χ2v) is 7.93. The second kappa shape index (κ2) is 5.70. The predicted octanol–water partition coefficient (Wildman–Crippen LogP) is 7.34. The van der Waals surface area contributed by atoms with Crippen molar-refractivity contribution < 1.29 is 4.74 Å². The smallest absolute Gasteiger partial charge is 0.132 e. The highest BCUT2D eigenvalue weighted by molar-refractivity contribution is 7.10. The summed E-state index contributed by atoms with van der Waals surface area (Å²) >= 11 is 1.82. The standard InChI is InChI=1S/C25H16OS/c1-3-8-18-16(6-1)11-13-20-23(18)25(22-10-5-15-27-22)24-19-9-4-2-7-17(19)12-14-21(24)26-20/h1-15,25H. The molecular weight excluding hydrogens is 348 g/mol. The van der Waals surface area contributed by atoms with Gasteiger partial charge >= 0.3 is 0 Å². The summed E-state index contributed by atoms with van der Waals surface area (Å²) in [5.74, 6) is 2.12. The third kappa shape index (κ3) is 2.17. The Balaban J connectivity index is 1.77. The fraction of sp³-hybridized carbons (Fsp3) is 0.0400. The van der Waals surface area contributed by atoms with Gasteiger partial charge in [-0.1, -0.05) is 66.7 Å². The number of hydrogen-bond acceptors (Lipinski definition) is 2. The molecule has 0 saturated heterocycles. The zero-order valence-corrected chi connectivity index (χ0v) is 15.4. The summed E-state index contributed by atoms with van der Waals surface area (Å²) in [7, 11) is 0. The number of thiophene rings is 1. The lowest BCUT2D eigenvalue weighted by Gasteiger charge is -2.30. The van der Waals surface area contributed by atoms with Gasteiger partial charge in [-0.3, -0.25) is 0 Å². The van der Waals surface area contributed by atoms with Crippen LogP contribution in [0.1, 0.15) is 21.9 Å². The molecule has 1 nitrogen and oxygen atoms in total. The Morgan fingerprint density at radius 1 is 0.593 bits per heavy atom. The minimum atomic E-state index is 0.181. The van der Waals surface area contributed by atoms with Gasteiger partial charge in [0, 0.05) is 16.0 Å². The van der Waals surface area contributed by atoms with E-state index in [1.165, 1.54) is 37.5 Å². The third-order valence-electron chi connectivity index (χ3n) is 5.49. The zero-order chi connectivity index (χ0) is 17.8. The van der Waals surface area contributed by atoms with Crippen LogP contribution in [0.3, 0.4) is 0 Å². The molecule has 6 rings (SSSR count). The molecule has 1 aliphatic rings. The van der Waals surface area contributed by atoms with Gasteiger partial charge in [0.1, 0.15) is 11.5 Å². The van der Waals surface area contributed by atoms with Gasteiger partial charge in [-0.25, -0.2) is 0 Å². The van der Waals surface area contributed by atoms with Crippen molar-refractivity contribution in [2.24, 2.45) is 0 Å². The minimum Gasteiger partial charge on any atom is -0.457 e. The molecule has 4 aromatic carbocycles. The maximum Gasteiger partial charge on any atom is 0.132 e. The van der Waals surface area contributed by atoms with Crippen LogP contribution in [0, 0.1) is 0 Å². The fourth-order valence-electron chi connectivity index (χ4n) is 4.33. The topological polar surface area (TPSA) is 9.23 Å². The Morgan fingerprint density at radius 2 is 1.19 bits per heavy atom. The Kier molecular flexibility index (Phi) is 3.17. The summed E-state index contributed by atoms with van der Waals surface area (Å²) in [4.78, 5) is 1.36. The SMILES string of the molecule is c1csc(C2c3c(ccc4ccccc34)Oc3ccc4ccccc4c32)c1. The fourth-order valence-corrected chi connectivity index (χ4v) is 5.17. The van der Waals surface area contributed by atoms with E-state index < -0.39 is 0 Å². The molecule has 128 valence electrons. The van der Waals surface area contributed by atoms with Gasteiger partial charge in [-0.15, -0.1) is 11.3 Å². The van der Waals surface area contributed by atoms with E-state index in [-0.39, 0.29) is 5.92 Å². The molecule has 2 heterocycles. The lowest BCUT2D eigenvalue weighted by atomic mass is 9.81. The highest BCUT2D eigenvalue weighted by Crippen LogP contribution is 2.52. The first-order valence-electron chi connectivity index (χ1n) is 9.15. The highest BCUT2D eigenvalue weighted by atomic mass is 32.1. The van der Waals surface area contributed by atoms with Crippen LogP contribution in [0.4, 0.5) is 0 Å². The summed E-state index contributed by atoms with van der Waals surface area (Å²) in [6.07, 6.45) is 0. The van der Waals surface area contributed by atoms with Crippen LogP contribution in [0.2, 0.25) is 0 Å². The number of benzene rings is 4. The molecule has 1 aliphatic heterocycles. The molecular formula is C25H16OS. The summed E-state index contributed by atoms with van der Waals surface area (Å²) in [6, 6.07) is 30.2. The Labute approximate surface area is 161 Å². The Hall–Kier alpha value is -3.10. The molecule has 0 aliphatic carbocycles. The maximum atomic E-state index is 6.43. The molecule has 0 unspecified atom stereocenters. The molecule has 0 atom stereocenters. The maximum absolute atomic E-state index is 6.43. The molecule has 0 bridgehead atoms. The molecule has 0 spiro atoms. The molecule has 5 aromatic rings. The van der Waals surface area contributed by atoms with E-state index in [9.17, 15) is 0 Å². The van der Waals surface area contributed by atoms with Crippen LogP contribution in [-0.4, -0.2) is 0 Å². The highest BCUT2D eigenvalue weighted by Gasteiger charge is 2.32. The largest absolute Gasteiger partial charge is 0.457 e. The van der Waals surface area contributed by atoms with Crippen LogP contribution >= 0.6 is 11.3 Å². The Bertz CT molecular complexity index is 1220. The summed E-state index contributed by atoms with van der Waals surface area (Å²) in [5.41, 5.74) is 2.55. The van der Waals surface area contributed by atoms with Gasteiger partial charge in [0.05, 0.1) is 5.92 Å². The van der Waals surface area contributed by atoms with E-state index in [0.29, 0.717) is 0 Å². The third-order valence-corrected chi connectivity index (χ3v) is 6.42. The van der Waals surface area contributed by atoms with E-state index in [1.54, 1.807) is 0 Å². The van der Waals surface area contributed by atoms with Gasteiger partial charge < -0.3 is 4.74 Å². The molecule has 27 heavy (non-hydrogen) atoms. The van der Waals surface area contributed by atoms with Gasteiger partial charge in [-0.2, -0.15) is 0 Å². The number of hydrogen-bond donors (Lipinski definition) is 0. The first-order chi connectivity index (χ1) is 13.4. The van der Waals surface area contributed by atoms with Gasteiger partial charge in [0.25, 0.3) is 0 Å². The molecule has 0 fully saturated rings. The Morgan fingerprint density at radius 3 is 1.74 bits per heavy atom. The average Bonchev–Trinajstić information content (AvgIpc) is 3.26. The number of fused-ring (bicyclic) bond motifs is 6. The van der Waals surface area contributed by atoms with Crippen molar-refractivity contribution in [1.29, 1.82) is 0 Å². The van der Waals surface area contributed by atoms with Crippen molar-refractivity contribution in [3.05, 3.63) is 106 Å². The van der Waals surface area contributed by atoms with Crippen molar-refractivity contribution >= 4 is 32.9 Å². The number of rotatable bonds is 1. The van der Waals surface area contributed by atoms with Gasteiger partial charge in [0.15, 0.2) is 0 Å². The van der Waals surface area contributed by atoms with Crippen molar-refractivity contribution in [3.8, 4) is 11.5 Å². The second-order valence-electron chi connectivity index (χ2n) is 6.95. The van der Waals surface area contributed by atoms with E-state index in [0.717, 1.165) is 11.5 Å². The first kappa shape index (κ1) is 15.0. The van der Waals surface area contributed by atoms with Crippen molar-refractivity contribution in [2.45, 2.75) is 5.92 Å². The summed E-state index contributed by atoms with van der Waals surface area (Å²) in [5, 5.41) is 7.22. The summed E-state index contributed by atoms with van der Waals surface area (Å²) in [6.45, 7) is 0. The monoisotopic (exact) mass is 364 g/mol. The minimum absolute atomic E-state index is 0.181. The normalized spacial score (nSPS) is 13.3. The molecule has 0 radical (unpaired) electrons. The van der Waals surface area contributed by atoms with Crippen molar-refractivity contribution in [3.63, 3.8) is 0 Å². The van der Waals surface area contributed by atoms with Gasteiger partial charge in [-0.05, 0) is 45.1 Å². The molecule has 0 amide bonds. The van der Waals surface area contributed by atoms with Crippen LogP contribution in [0.5, 0.6) is 11.5 Å². The lowest BCUT2D eigenvalue weighted by Crippen LogP contribution is -2.12. The molecule has 1 aromatic heterocycles. The molecule has 0 saturated carbocycles. The quantitative estimate of drug-likeness (QED) is 0.296. The van der Waals surface area contributed by atoms with Gasteiger partial charge in [0.2, 0.25) is 0 Å². The average molecular weight is 364 g/mol. The predicted molar refractivity (Wildman–Crippen MR) is 113 cm³/mol. The van der Waals surface area contributed by atoms with E-state index >= 15 is 0 Å². The van der Waals surface area contributed by atoms with E-state index in [2.05, 4.69) is 90.3 Å². The lowest BCUT2D eigenvalue weighted by molar-refractivity contribution is 0.456. The first-order valence-corrected chi connectivity index (χ1v) is 10.0. The molecule has 2 heteroatoms. The van der Waals surface area contributed by atoms with Crippen LogP contribution in [0.25, 0.3) is 21.5 Å². The van der Waals surface area contributed by atoms with Crippen molar-refractivity contribution in [1.82, 2.24) is 0 Å². The van der Waals surface area contributed by atoms with E-state index in [4.69, 9.17) is 4.74 Å². The zero-order valence-electron chi connectivity index (χ0n) is 14.6. The van der Waals surface area contributed by atoms with E-state index in [1.807, 2.05) is 11.3 Å². The summed E-state index contributed by atoms with van der Waals surface area (Å²) < 4.78 is 6.43. The van der Waals surface area contributed by atoms with Crippen LogP contribution in [-0.2, 0) is 0 Å². The molecule has 0 N–H and O–H groups in total. The van der Waals surface area contributed by atoms with Crippen molar-refractivity contribution in [2.75, 3.05) is 0 Å².